The highest BCUT2D eigenvalue weighted by molar-refractivity contribution is 7.91. The van der Waals surface area contributed by atoms with Crippen LogP contribution in [0.5, 0.6) is 0 Å². The molecule has 1 saturated carbocycles. The molecule has 1 unspecified atom stereocenters. The highest BCUT2D eigenvalue weighted by Gasteiger charge is 2.24. The molecule has 20 heavy (non-hydrogen) atoms. The van der Waals surface area contributed by atoms with Gasteiger partial charge >= 0.3 is 0 Å². The summed E-state index contributed by atoms with van der Waals surface area (Å²) in [7, 11) is -3.38. The number of nitrogens with one attached hydrogen (secondary N) is 2. The molecule has 114 valence electrons. The molecule has 0 bridgehead atoms. The summed E-state index contributed by atoms with van der Waals surface area (Å²) >= 11 is 1.36. The average Bonchev–Trinajstić information content (AvgIpc) is 3.09. The van der Waals surface area contributed by atoms with E-state index < -0.39 is 10.0 Å². The Bertz CT molecular complexity index is 533. The van der Waals surface area contributed by atoms with Gasteiger partial charge in [0, 0.05) is 23.5 Å². The van der Waals surface area contributed by atoms with Crippen LogP contribution in [0.15, 0.2) is 16.3 Å². The second-order valence-electron chi connectivity index (χ2n) is 5.76. The maximum Gasteiger partial charge on any atom is 0.250 e. The van der Waals surface area contributed by atoms with E-state index >= 15 is 0 Å². The highest BCUT2D eigenvalue weighted by Crippen LogP contribution is 2.24. The number of thiophene rings is 1. The van der Waals surface area contributed by atoms with Gasteiger partial charge in [-0.15, -0.1) is 11.3 Å². The van der Waals surface area contributed by atoms with E-state index in [9.17, 15) is 8.42 Å². The second-order valence-corrected chi connectivity index (χ2v) is 8.87. The molecular weight excluding hydrogens is 292 g/mol. The molecule has 1 aliphatic rings. The van der Waals surface area contributed by atoms with Crippen LogP contribution in [0, 0.1) is 5.92 Å². The number of rotatable bonds is 8. The molecule has 0 aliphatic heterocycles. The fourth-order valence-corrected chi connectivity index (χ4v) is 4.87. The molecular formula is C14H24N2O2S2. The highest BCUT2D eigenvalue weighted by atomic mass is 32.2. The van der Waals surface area contributed by atoms with Gasteiger partial charge in [0.25, 0.3) is 0 Å². The first kappa shape index (κ1) is 15.9. The van der Waals surface area contributed by atoms with Crippen molar-refractivity contribution in [2.45, 2.75) is 62.9 Å². The molecule has 0 saturated heterocycles. The lowest BCUT2D eigenvalue weighted by atomic mass is 10.0. The van der Waals surface area contributed by atoms with E-state index in [-0.39, 0.29) is 6.04 Å². The molecule has 1 aromatic rings. The van der Waals surface area contributed by atoms with Gasteiger partial charge < -0.3 is 5.32 Å². The molecule has 4 nitrogen and oxygen atoms in total. The normalized spacial score (nSPS) is 17.6. The van der Waals surface area contributed by atoms with Crippen LogP contribution in [0.1, 0.15) is 44.9 Å². The Kier molecular flexibility index (Phi) is 5.23. The minimum absolute atomic E-state index is 0.00450. The first-order valence-electron chi connectivity index (χ1n) is 7.26. The van der Waals surface area contributed by atoms with E-state index in [4.69, 9.17) is 0 Å². The largest absolute Gasteiger partial charge is 0.309 e. The lowest BCUT2D eigenvalue weighted by Gasteiger charge is -2.19. The first-order valence-corrected chi connectivity index (χ1v) is 9.56. The molecule has 1 heterocycles. The van der Waals surface area contributed by atoms with Crippen LogP contribution in [0.4, 0.5) is 0 Å². The van der Waals surface area contributed by atoms with Crippen molar-refractivity contribution in [3.8, 4) is 0 Å². The maximum atomic E-state index is 12.3. The van der Waals surface area contributed by atoms with Crippen LogP contribution in [0.25, 0.3) is 0 Å². The maximum absolute atomic E-state index is 12.3. The zero-order chi connectivity index (χ0) is 14.8. The van der Waals surface area contributed by atoms with E-state index in [2.05, 4.69) is 10.0 Å². The Morgan fingerprint density at radius 3 is 2.60 bits per heavy atom. The van der Waals surface area contributed by atoms with Gasteiger partial charge in [-0.3, -0.25) is 0 Å². The van der Waals surface area contributed by atoms with Crippen molar-refractivity contribution in [2.24, 2.45) is 5.92 Å². The fourth-order valence-electron chi connectivity index (χ4n) is 2.08. The van der Waals surface area contributed by atoms with Crippen molar-refractivity contribution in [3.05, 3.63) is 17.0 Å². The Labute approximate surface area is 126 Å². The first-order chi connectivity index (χ1) is 9.42. The summed E-state index contributed by atoms with van der Waals surface area (Å²) in [4.78, 5) is 1.08. The Balaban J connectivity index is 2.00. The third-order valence-electron chi connectivity index (χ3n) is 3.60. The molecule has 0 aromatic carbocycles. The summed E-state index contributed by atoms with van der Waals surface area (Å²) in [6.07, 6.45) is 3.29. The second kappa shape index (κ2) is 6.56. The average molecular weight is 316 g/mol. The van der Waals surface area contributed by atoms with Gasteiger partial charge in [0.1, 0.15) is 4.21 Å². The molecule has 1 aromatic heterocycles. The molecule has 6 heteroatoms. The summed E-state index contributed by atoms with van der Waals surface area (Å²) in [6.45, 7) is 6.85. The Hall–Kier alpha value is -0.430. The zero-order valence-corrected chi connectivity index (χ0v) is 14.0. The van der Waals surface area contributed by atoms with E-state index in [0.29, 0.717) is 16.2 Å². The van der Waals surface area contributed by atoms with Gasteiger partial charge in [0.15, 0.2) is 0 Å². The standard InChI is InChI=1S/C14H24N2O2S2/c1-4-13(10(2)3)16-20(17,18)14-8-7-12(19-14)9-15-11-5-6-11/h7-8,10-11,13,15-16H,4-6,9H2,1-3H3. The van der Waals surface area contributed by atoms with Crippen molar-refractivity contribution < 1.29 is 8.42 Å². The fraction of sp³-hybridized carbons (Fsp3) is 0.714. The van der Waals surface area contributed by atoms with Crippen LogP contribution in [-0.4, -0.2) is 20.5 Å². The summed E-state index contributed by atoms with van der Waals surface area (Å²) in [5.74, 6) is 0.297. The molecule has 2 N–H and O–H groups in total. The third kappa shape index (κ3) is 4.28. The van der Waals surface area contributed by atoms with E-state index in [0.717, 1.165) is 17.8 Å². The monoisotopic (exact) mass is 316 g/mol. The van der Waals surface area contributed by atoms with Crippen molar-refractivity contribution in [1.82, 2.24) is 10.0 Å². The molecule has 0 spiro atoms. The topological polar surface area (TPSA) is 58.2 Å². The van der Waals surface area contributed by atoms with Gasteiger partial charge in [-0.05, 0) is 37.3 Å². The number of hydrogen-bond acceptors (Lipinski definition) is 4. The van der Waals surface area contributed by atoms with Crippen LogP contribution in [-0.2, 0) is 16.6 Å². The summed E-state index contributed by atoms with van der Waals surface area (Å²) in [5.41, 5.74) is 0. The predicted octanol–water partition coefficient (Wildman–Crippen LogP) is 2.71. The van der Waals surface area contributed by atoms with Gasteiger partial charge in [-0.1, -0.05) is 20.8 Å². The summed E-state index contributed by atoms with van der Waals surface area (Å²) < 4.78 is 27.9. The lowest BCUT2D eigenvalue weighted by Crippen LogP contribution is -2.37. The van der Waals surface area contributed by atoms with E-state index in [1.54, 1.807) is 6.07 Å². The molecule has 1 aliphatic carbocycles. The molecule has 2 rings (SSSR count). The van der Waals surface area contributed by atoms with Crippen LogP contribution < -0.4 is 10.0 Å². The SMILES string of the molecule is CCC(NS(=O)(=O)c1ccc(CNC2CC2)s1)C(C)C. The molecule has 1 atom stereocenters. The number of sulfonamides is 1. The molecule has 0 radical (unpaired) electrons. The van der Waals surface area contributed by atoms with Gasteiger partial charge in [-0.2, -0.15) is 0 Å². The minimum Gasteiger partial charge on any atom is -0.309 e. The quantitative estimate of drug-likeness (QED) is 0.775. The van der Waals surface area contributed by atoms with Crippen molar-refractivity contribution in [3.63, 3.8) is 0 Å². The van der Waals surface area contributed by atoms with E-state index in [1.165, 1.54) is 24.2 Å². The lowest BCUT2D eigenvalue weighted by molar-refractivity contribution is 0.438. The Morgan fingerprint density at radius 2 is 2.05 bits per heavy atom. The van der Waals surface area contributed by atoms with E-state index in [1.807, 2.05) is 26.8 Å². The van der Waals surface area contributed by atoms with Crippen molar-refractivity contribution >= 4 is 21.4 Å². The van der Waals surface area contributed by atoms with Gasteiger partial charge in [-0.25, -0.2) is 13.1 Å². The van der Waals surface area contributed by atoms with Gasteiger partial charge in [0.05, 0.1) is 0 Å². The smallest absolute Gasteiger partial charge is 0.250 e. The third-order valence-corrected chi connectivity index (χ3v) is 6.66. The Morgan fingerprint density at radius 1 is 1.35 bits per heavy atom. The van der Waals surface area contributed by atoms with Crippen LogP contribution >= 0.6 is 11.3 Å². The predicted molar refractivity (Wildman–Crippen MR) is 83.4 cm³/mol. The minimum atomic E-state index is -3.38. The summed E-state index contributed by atoms with van der Waals surface area (Å²) in [5, 5.41) is 3.40. The summed E-state index contributed by atoms with van der Waals surface area (Å²) in [6, 6.07) is 4.25. The van der Waals surface area contributed by atoms with Crippen LogP contribution in [0.2, 0.25) is 0 Å². The van der Waals surface area contributed by atoms with Crippen LogP contribution in [0.3, 0.4) is 0 Å². The van der Waals surface area contributed by atoms with Crippen molar-refractivity contribution in [1.29, 1.82) is 0 Å². The molecule has 1 fully saturated rings. The zero-order valence-electron chi connectivity index (χ0n) is 12.3. The number of hydrogen-bond donors (Lipinski definition) is 2. The van der Waals surface area contributed by atoms with Gasteiger partial charge in [0.2, 0.25) is 10.0 Å². The van der Waals surface area contributed by atoms with Crippen molar-refractivity contribution in [2.75, 3.05) is 0 Å². The molecule has 0 amide bonds.